The molecular weight excluding hydrogens is 460 g/mol. The van der Waals surface area contributed by atoms with E-state index >= 15 is 0 Å². The van der Waals surface area contributed by atoms with Crippen molar-refractivity contribution in [3.05, 3.63) is 89.5 Å². The topological polar surface area (TPSA) is 75.7 Å². The fourth-order valence-corrected chi connectivity index (χ4v) is 5.10. The Balaban J connectivity index is 1.71. The van der Waals surface area contributed by atoms with Crippen LogP contribution in [0.5, 0.6) is 5.75 Å². The second kappa shape index (κ2) is 11.0. The lowest BCUT2D eigenvalue weighted by Crippen LogP contribution is -2.42. The van der Waals surface area contributed by atoms with E-state index in [0.717, 1.165) is 26.7 Å². The number of aryl methyl sites for hydroxylation is 2. The Hall–Kier alpha value is -3.32. The normalized spacial score (nSPS) is 11.7. The molecule has 0 heterocycles. The highest BCUT2D eigenvalue weighted by Crippen LogP contribution is 2.31. The monoisotopic (exact) mass is 494 g/mol. The molecule has 3 aromatic carbocycles. The van der Waals surface area contributed by atoms with Gasteiger partial charge in [0.15, 0.2) is 0 Å². The molecule has 0 radical (unpaired) electrons. The third kappa shape index (κ3) is 6.85. The minimum atomic E-state index is -3.94. The molecule has 186 valence electrons. The highest BCUT2D eigenvalue weighted by atomic mass is 32.2. The molecule has 3 aromatic rings. The average molecular weight is 495 g/mol. The number of nitrogens with zero attached hydrogens (tertiary/aromatic N) is 1. The number of para-hydroxylation sites is 1. The van der Waals surface area contributed by atoms with Crippen molar-refractivity contribution in [1.82, 2.24) is 5.32 Å². The molecule has 0 aromatic heterocycles. The number of nitrogens with one attached hydrogen (secondary N) is 1. The van der Waals surface area contributed by atoms with E-state index in [1.807, 2.05) is 44.2 Å². The number of sulfonamides is 1. The largest absolute Gasteiger partial charge is 0.491 e. The summed E-state index contributed by atoms with van der Waals surface area (Å²) in [5, 5.41) is 2.79. The average Bonchev–Trinajstić information content (AvgIpc) is 2.80. The van der Waals surface area contributed by atoms with Gasteiger partial charge < -0.3 is 10.1 Å². The number of hydrogen-bond donors (Lipinski definition) is 1. The Labute approximate surface area is 209 Å². The molecule has 0 unspecified atom stereocenters. The van der Waals surface area contributed by atoms with Crippen LogP contribution < -0.4 is 14.4 Å². The molecule has 0 saturated carbocycles. The van der Waals surface area contributed by atoms with Crippen molar-refractivity contribution in [2.45, 2.75) is 44.9 Å². The molecule has 0 bridgehead atoms. The maximum atomic E-state index is 13.5. The molecule has 0 fully saturated rings. The summed E-state index contributed by atoms with van der Waals surface area (Å²) in [6, 6.07) is 21.6. The molecular formula is C28H34N2O4S. The first-order valence-corrected chi connectivity index (χ1v) is 13.1. The van der Waals surface area contributed by atoms with Crippen LogP contribution in [0.1, 0.15) is 37.5 Å². The third-order valence-corrected chi connectivity index (χ3v) is 7.35. The zero-order valence-corrected chi connectivity index (χ0v) is 21.9. The molecule has 1 N–H and O–H groups in total. The maximum Gasteiger partial charge on any atom is 0.264 e. The van der Waals surface area contributed by atoms with E-state index in [9.17, 15) is 13.2 Å². The lowest BCUT2D eigenvalue weighted by atomic mass is 9.86. The smallest absolute Gasteiger partial charge is 0.264 e. The van der Waals surface area contributed by atoms with Crippen LogP contribution in [-0.2, 0) is 20.2 Å². The first-order chi connectivity index (χ1) is 16.5. The van der Waals surface area contributed by atoms with Crippen LogP contribution in [0.3, 0.4) is 0 Å². The van der Waals surface area contributed by atoms with Crippen molar-refractivity contribution >= 4 is 21.6 Å². The molecule has 7 heteroatoms. The van der Waals surface area contributed by atoms with Gasteiger partial charge in [0.05, 0.1) is 17.1 Å². The summed E-state index contributed by atoms with van der Waals surface area (Å²) in [7, 11) is -3.94. The van der Waals surface area contributed by atoms with Gasteiger partial charge in [0, 0.05) is 0 Å². The van der Waals surface area contributed by atoms with Crippen molar-refractivity contribution in [3.63, 3.8) is 0 Å². The summed E-state index contributed by atoms with van der Waals surface area (Å²) < 4.78 is 34.0. The molecule has 6 nitrogen and oxygen atoms in total. The summed E-state index contributed by atoms with van der Waals surface area (Å²) in [5.41, 5.74) is 3.31. The van der Waals surface area contributed by atoms with E-state index in [1.54, 1.807) is 42.5 Å². The lowest BCUT2D eigenvalue weighted by Gasteiger charge is -2.25. The highest BCUT2D eigenvalue weighted by Gasteiger charge is 2.27. The number of benzene rings is 3. The molecule has 0 aliphatic heterocycles. The highest BCUT2D eigenvalue weighted by molar-refractivity contribution is 7.92. The number of carbonyl (C=O) groups is 1. The fourth-order valence-electron chi connectivity index (χ4n) is 3.69. The minimum absolute atomic E-state index is 0.0709. The molecule has 0 atom stereocenters. The quantitative estimate of drug-likeness (QED) is 0.425. The van der Waals surface area contributed by atoms with Crippen LogP contribution in [-0.4, -0.2) is 34.0 Å². The van der Waals surface area contributed by atoms with Crippen molar-refractivity contribution in [2.75, 3.05) is 24.0 Å². The van der Waals surface area contributed by atoms with Gasteiger partial charge in [-0.15, -0.1) is 0 Å². The van der Waals surface area contributed by atoms with Crippen LogP contribution in [0.4, 0.5) is 5.69 Å². The van der Waals surface area contributed by atoms with Gasteiger partial charge in [-0.1, -0.05) is 68.8 Å². The molecule has 0 saturated heterocycles. The van der Waals surface area contributed by atoms with E-state index in [2.05, 4.69) is 26.1 Å². The van der Waals surface area contributed by atoms with Crippen LogP contribution in [0, 0.1) is 13.8 Å². The van der Waals surface area contributed by atoms with Crippen LogP contribution >= 0.6 is 0 Å². The summed E-state index contributed by atoms with van der Waals surface area (Å²) >= 11 is 0. The van der Waals surface area contributed by atoms with E-state index in [0.29, 0.717) is 5.69 Å². The Bertz CT molecular complexity index is 1260. The fraction of sp³-hybridized carbons (Fsp3) is 0.321. The molecule has 1 amide bonds. The van der Waals surface area contributed by atoms with Gasteiger partial charge in [-0.3, -0.25) is 9.10 Å². The second-order valence-corrected chi connectivity index (χ2v) is 11.5. The Morgan fingerprint density at radius 2 is 1.60 bits per heavy atom. The zero-order chi connectivity index (χ0) is 25.6. The predicted octanol–water partition coefficient (Wildman–Crippen LogP) is 4.99. The van der Waals surface area contributed by atoms with Gasteiger partial charge in [0.25, 0.3) is 10.0 Å². The summed E-state index contributed by atoms with van der Waals surface area (Å²) in [6.45, 7) is 10.3. The van der Waals surface area contributed by atoms with E-state index in [1.165, 1.54) is 0 Å². The van der Waals surface area contributed by atoms with Crippen molar-refractivity contribution in [3.8, 4) is 5.75 Å². The van der Waals surface area contributed by atoms with Crippen molar-refractivity contribution in [2.24, 2.45) is 0 Å². The van der Waals surface area contributed by atoms with Crippen LogP contribution in [0.2, 0.25) is 0 Å². The van der Waals surface area contributed by atoms with Crippen molar-refractivity contribution in [1.29, 1.82) is 0 Å². The Morgan fingerprint density at radius 3 is 2.26 bits per heavy atom. The van der Waals surface area contributed by atoms with Crippen LogP contribution in [0.25, 0.3) is 0 Å². The van der Waals surface area contributed by atoms with Gasteiger partial charge in [-0.05, 0) is 60.7 Å². The lowest BCUT2D eigenvalue weighted by molar-refractivity contribution is -0.119. The molecule has 3 rings (SSSR count). The minimum Gasteiger partial charge on any atom is -0.491 e. The summed E-state index contributed by atoms with van der Waals surface area (Å²) in [5.74, 6) is 0.368. The zero-order valence-electron chi connectivity index (χ0n) is 21.0. The first kappa shape index (κ1) is 26.3. The number of hydrogen-bond acceptors (Lipinski definition) is 4. The standard InChI is InChI=1S/C28H34N2O4S/c1-21-13-15-24(16-14-21)35(32,33)30(23-10-8-9-22(2)19-23)20-27(31)29-17-18-34-26-12-7-6-11-25(26)28(3,4)5/h6-16,19H,17-18,20H2,1-5H3,(H,29,31). The summed E-state index contributed by atoms with van der Waals surface area (Å²) in [4.78, 5) is 12.9. The Kier molecular flexibility index (Phi) is 8.22. The molecule has 0 aliphatic rings. The van der Waals surface area contributed by atoms with E-state index in [-0.39, 0.29) is 30.0 Å². The van der Waals surface area contributed by atoms with Crippen molar-refractivity contribution < 1.29 is 17.9 Å². The van der Waals surface area contributed by atoms with E-state index in [4.69, 9.17) is 4.74 Å². The van der Waals surface area contributed by atoms with Gasteiger partial charge in [-0.2, -0.15) is 0 Å². The van der Waals surface area contributed by atoms with Crippen LogP contribution in [0.15, 0.2) is 77.7 Å². The number of ether oxygens (including phenoxy) is 1. The SMILES string of the molecule is Cc1ccc(S(=O)(=O)N(CC(=O)NCCOc2ccccc2C(C)(C)C)c2cccc(C)c2)cc1. The number of carbonyl (C=O) groups excluding carboxylic acids is 1. The van der Waals surface area contributed by atoms with E-state index < -0.39 is 15.9 Å². The first-order valence-electron chi connectivity index (χ1n) is 11.6. The third-order valence-electron chi connectivity index (χ3n) is 5.56. The molecule has 35 heavy (non-hydrogen) atoms. The molecule has 0 aliphatic carbocycles. The van der Waals surface area contributed by atoms with Gasteiger partial charge >= 0.3 is 0 Å². The Morgan fingerprint density at radius 1 is 0.914 bits per heavy atom. The van der Waals surface area contributed by atoms with Gasteiger partial charge in [0.1, 0.15) is 18.9 Å². The summed E-state index contributed by atoms with van der Waals surface area (Å²) in [6.07, 6.45) is 0. The predicted molar refractivity (Wildman–Crippen MR) is 141 cm³/mol. The molecule has 0 spiro atoms. The van der Waals surface area contributed by atoms with Gasteiger partial charge in [-0.25, -0.2) is 8.42 Å². The number of anilines is 1. The van der Waals surface area contributed by atoms with Gasteiger partial charge in [0.2, 0.25) is 5.91 Å². The number of rotatable bonds is 9. The number of amides is 1. The second-order valence-electron chi connectivity index (χ2n) is 9.61. The maximum absolute atomic E-state index is 13.5.